The Bertz CT molecular complexity index is 1970. The van der Waals surface area contributed by atoms with E-state index < -0.39 is 0 Å². The second-order valence-corrected chi connectivity index (χ2v) is 11.9. The summed E-state index contributed by atoms with van der Waals surface area (Å²) in [5.41, 5.74) is 12.8. The molecule has 2 heteroatoms. The van der Waals surface area contributed by atoms with Crippen molar-refractivity contribution >= 4 is 28.8 Å². The molecule has 0 saturated heterocycles. The predicted octanol–water partition coefficient (Wildman–Crippen LogP) is 12.9. The van der Waals surface area contributed by atoms with Gasteiger partial charge in [-0.15, -0.1) is 0 Å². The van der Waals surface area contributed by atoms with Crippen LogP contribution < -0.4 is 9.80 Å². The van der Waals surface area contributed by atoms with Gasteiger partial charge in [-0.2, -0.15) is 0 Å². The van der Waals surface area contributed by atoms with Crippen LogP contribution in [0.15, 0.2) is 188 Å². The van der Waals surface area contributed by atoms with Gasteiger partial charge in [-0.05, 0) is 103 Å². The third kappa shape index (κ3) is 8.94. The van der Waals surface area contributed by atoms with E-state index in [1.807, 2.05) is 12.2 Å². The maximum Gasteiger partial charge on any atom is 0.0473 e. The van der Waals surface area contributed by atoms with Crippen LogP contribution in [0.5, 0.6) is 0 Å². The van der Waals surface area contributed by atoms with E-state index in [4.69, 9.17) is 0 Å². The summed E-state index contributed by atoms with van der Waals surface area (Å²) in [5.74, 6) is 0. The van der Waals surface area contributed by atoms with Gasteiger partial charge in [-0.1, -0.05) is 146 Å². The van der Waals surface area contributed by atoms with Gasteiger partial charge >= 0.3 is 0 Å². The van der Waals surface area contributed by atoms with Gasteiger partial charge in [-0.3, -0.25) is 0 Å². The molecule has 0 aliphatic heterocycles. The molecule has 2 nitrogen and oxygen atoms in total. The molecule has 0 unspecified atom stereocenters. The average Bonchev–Trinajstić information content (AvgIpc) is 3.14. The molecular weight excluding hydrogens is 593 g/mol. The highest BCUT2D eigenvalue weighted by molar-refractivity contribution is 5.77. The number of hydrogen-bond acceptors (Lipinski definition) is 2. The largest absolute Gasteiger partial charge is 0.344 e. The first-order chi connectivity index (χ1) is 24.0. The fourth-order valence-electron chi connectivity index (χ4n) is 6.06. The van der Waals surface area contributed by atoms with Gasteiger partial charge < -0.3 is 9.80 Å². The molecule has 0 atom stereocenters. The lowest BCUT2D eigenvalue weighted by atomic mass is 10.0. The molecular formula is C47H46N2. The molecule has 0 amide bonds. The van der Waals surface area contributed by atoms with E-state index in [0.29, 0.717) is 0 Å². The molecule has 0 aliphatic carbocycles. The van der Waals surface area contributed by atoms with Gasteiger partial charge in [0.15, 0.2) is 0 Å². The lowest BCUT2D eigenvalue weighted by Crippen LogP contribution is -2.16. The van der Waals surface area contributed by atoms with Crippen molar-refractivity contribution in [3.8, 4) is 11.1 Å². The Morgan fingerprint density at radius 3 is 1.80 bits per heavy atom. The molecule has 0 fully saturated rings. The molecule has 0 spiro atoms. The van der Waals surface area contributed by atoms with E-state index >= 15 is 0 Å². The van der Waals surface area contributed by atoms with E-state index in [1.54, 1.807) is 0 Å². The molecule has 244 valence electrons. The van der Waals surface area contributed by atoms with Crippen LogP contribution in [-0.2, 0) is 6.42 Å². The van der Waals surface area contributed by atoms with Crippen molar-refractivity contribution in [1.82, 2.24) is 0 Å². The zero-order valence-corrected chi connectivity index (χ0v) is 29.1. The van der Waals surface area contributed by atoms with Crippen molar-refractivity contribution in [2.24, 2.45) is 0 Å². The Morgan fingerprint density at radius 1 is 0.633 bits per heavy atom. The molecule has 5 rings (SSSR count). The quantitative estimate of drug-likeness (QED) is 0.133. The number of nitrogens with zero attached hydrogens (tertiary/aromatic N) is 2. The molecule has 5 aromatic carbocycles. The molecule has 0 bridgehead atoms. The van der Waals surface area contributed by atoms with Gasteiger partial charge in [0.1, 0.15) is 0 Å². The SMILES string of the molecule is C=C/C=C\c1ccccccc(C)c(N(C)c2ccc(N(C(/C=C\Cc3ccccc3)=C/C)c3ccc(-c4ccccc4)cc3)cc2)c1C. The molecule has 0 radical (unpaired) electrons. The Labute approximate surface area is 293 Å². The van der Waals surface area contributed by atoms with Gasteiger partial charge in [0.2, 0.25) is 0 Å². The minimum Gasteiger partial charge on any atom is -0.344 e. The van der Waals surface area contributed by atoms with Crippen LogP contribution in [0.4, 0.5) is 22.7 Å². The molecule has 0 aliphatic rings. The summed E-state index contributed by atoms with van der Waals surface area (Å²) in [4.78, 5) is 4.62. The summed E-state index contributed by atoms with van der Waals surface area (Å²) in [5, 5.41) is 0. The predicted molar refractivity (Wildman–Crippen MR) is 214 cm³/mol. The fourth-order valence-corrected chi connectivity index (χ4v) is 6.06. The zero-order valence-electron chi connectivity index (χ0n) is 29.1. The van der Waals surface area contributed by atoms with Gasteiger partial charge in [-0.25, -0.2) is 0 Å². The lowest BCUT2D eigenvalue weighted by Gasteiger charge is -2.28. The second kappa shape index (κ2) is 17.3. The normalized spacial score (nSPS) is 11.4. The highest BCUT2D eigenvalue weighted by Gasteiger charge is 2.15. The minimum atomic E-state index is 0.868. The Kier molecular flexibility index (Phi) is 12.2. The number of rotatable bonds is 11. The number of aryl methyl sites for hydroxylation is 1. The van der Waals surface area contributed by atoms with Crippen molar-refractivity contribution in [3.05, 3.63) is 211 Å². The van der Waals surface area contributed by atoms with Gasteiger partial charge in [0, 0.05) is 35.5 Å². The molecule has 0 saturated carbocycles. The summed E-state index contributed by atoms with van der Waals surface area (Å²) < 4.78 is 0. The highest BCUT2D eigenvalue weighted by atomic mass is 15.1. The summed E-state index contributed by atoms with van der Waals surface area (Å²) >= 11 is 0. The summed E-state index contributed by atoms with van der Waals surface area (Å²) in [6.45, 7) is 10.4. The van der Waals surface area contributed by atoms with Crippen LogP contribution in [0, 0.1) is 13.8 Å². The lowest BCUT2D eigenvalue weighted by molar-refractivity contribution is 1.15. The first kappa shape index (κ1) is 34.5. The van der Waals surface area contributed by atoms with Crippen molar-refractivity contribution in [3.63, 3.8) is 0 Å². The molecule has 0 heterocycles. The summed E-state index contributed by atoms with van der Waals surface area (Å²) in [7, 11) is 2.15. The highest BCUT2D eigenvalue weighted by Crippen LogP contribution is 2.36. The summed E-state index contributed by atoms with van der Waals surface area (Å²) in [6, 6.07) is 51.5. The van der Waals surface area contributed by atoms with Crippen molar-refractivity contribution in [2.45, 2.75) is 27.2 Å². The maximum absolute atomic E-state index is 3.88. The Morgan fingerprint density at radius 2 is 1.16 bits per heavy atom. The first-order valence-corrected chi connectivity index (χ1v) is 16.9. The number of allylic oxidation sites excluding steroid dienone is 5. The van der Waals surface area contributed by atoms with E-state index in [9.17, 15) is 0 Å². The molecule has 0 N–H and O–H groups in total. The van der Waals surface area contributed by atoms with E-state index in [1.165, 1.54) is 33.5 Å². The average molecular weight is 639 g/mol. The minimum absolute atomic E-state index is 0.868. The second-order valence-electron chi connectivity index (χ2n) is 11.9. The van der Waals surface area contributed by atoms with Gasteiger partial charge in [0.05, 0.1) is 0 Å². The number of benzene rings is 4. The van der Waals surface area contributed by atoms with Crippen molar-refractivity contribution < 1.29 is 0 Å². The van der Waals surface area contributed by atoms with Crippen LogP contribution in [-0.4, -0.2) is 7.05 Å². The molecule has 0 aromatic heterocycles. The van der Waals surface area contributed by atoms with Crippen molar-refractivity contribution in [2.75, 3.05) is 16.8 Å². The Balaban J connectivity index is 1.54. The first-order valence-electron chi connectivity index (χ1n) is 16.9. The fraction of sp³-hybridized carbons (Fsp3) is 0.106. The maximum atomic E-state index is 3.88. The third-order valence-corrected chi connectivity index (χ3v) is 8.63. The van der Waals surface area contributed by atoms with Crippen molar-refractivity contribution in [1.29, 1.82) is 0 Å². The van der Waals surface area contributed by atoms with E-state index in [-0.39, 0.29) is 0 Å². The number of hydrogen-bond donors (Lipinski definition) is 0. The number of anilines is 4. The standard InChI is InChI=1S/C47H46N2/c1-6-8-24-40-25-16-10-9-13-20-37(3)47(38(40)4)48(5)44-33-35-46(36-34-44)49(43(7-2)28-19-23-39-21-14-11-15-22-39)45-31-29-42(30-32-45)41-26-17-12-18-27-41/h6-22,24-36H,1,23H2,2-5H3/b10-9?,13-9?,16-10?,20-13?,24-8-,25-16?,28-19-,37-20?,40-25?,40-38?,43-7+,47-37?,47-38?. The van der Waals surface area contributed by atoms with Crippen LogP contribution in [0.2, 0.25) is 0 Å². The van der Waals surface area contributed by atoms with Crippen LogP contribution in [0.25, 0.3) is 17.2 Å². The van der Waals surface area contributed by atoms with Crippen LogP contribution in [0.1, 0.15) is 29.2 Å². The van der Waals surface area contributed by atoms with E-state index in [0.717, 1.165) is 34.7 Å². The smallest absolute Gasteiger partial charge is 0.0473 e. The van der Waals surface area contributed by atoms with Gasteiger partial charge in [0.25, 0.3) is 0 Å². The van der Waals surface area contributed by atoms with Crippen LogP contribution >= 0.6 is 0 Å². The zero-order chi connectivity index (χ0) is 34.4. The Hall–Kier alpha value is -5.86. The monoisotopic (exact) mass is 638 g/mol. The molecule has 5 aromatic rings. The molecule has 49 heavy (non-hydrogen) atoms. The summed E-state index contributed by atoms with van der Waals surface area (Å²) in [6.07, 6.45) is 13.5. The topological polar surface area (TPSA) is 6.48 Å². The van der Waals surface area contributed by atoms with E-state index in [2.05, 4.69) is 214 Å². The third-order valence-electron chi connectivity index (χ3n) is 8.63. The van der Waals surface area contributed by atoms with Crippen LogP contribution in [0.3, 0.4) is 0 Å².